The average Bonchev–Trinajstić information content (AvgIpc) is 3.75. The molecule has 10 rings (SSSR count). The topological polar surface area (TPSA) is 77.8 Å². The van der Waals surface area contributed by atoms with Gasteiger partial charge in [-0.2, -0.15) is 0 Å². The predicted molar refractivity (Wildman–Crippen MR) is 199 cm³/mol. The van der Waals surface area contributed by atoms with E-state index in [0.717, 1.165) is 89.1 Å². The quantitative estimate of drug-likeness (QED) is 0.186. The Hall–Kier alpha value is -6.92. The molecule has 4 aromatic heterocycles. The summed E-state index contributed by atoms with van der Waals surface area (Å²) in [6.07, 6.45) is 0. The molecule has 0 saturated heterocycles. The molecule has 0 bridgehead atoms. The molecule has 0 aliphatic rings. The number of fused-ring (bicyclic) bond motifs is 6. The first-order chi connectivity index (χ1) is 24.8. The third kappa shape index (κ3) is 4.65. The molecule has 0 radical (unpaired) electrons. The summed E-state index contributed by atoms with van der Waals surface area (Å²) < 4.78 is 12.3. The summed E-state index contributed by atoms with van der Waals surface area (Å²) in [6.45, 7) is 0. The normalized spacial score (nSPS) is 11.6. The van der Waals surface area contributed by atoms with E-state index >= 15 is 0 Å². The molecule has 0 saturated carbocycles. The first-order valence-electron chi connectivity index (χ1n) is 16.5. The minimum atomic E-state index is 0.516. The van der Waals surface area contributed by atoms with E-state index in [1.165, 1.54) is 0 Å². The zero-order chi connectivity index (χ0) is 33.0. The summed E-state index contributed by atoms with van der Waals surface area (Å²) in [5.41, 5.74) is 13.1. The Morgan fingerprint density at radius 3 is 1.16 bits per heavy atom. The SMILES string of the molecule is c1ccc(-c2nc3oc4ccccc4c3nc2-c2cccc(-c3cccc(-c4nc5oc6ccccc6c5nc4-c4ccccc4)c3)c2)cc1. The second-order valence-corrected chi connectivity index (χ2v) is 12.2. The van der Waals surface area contributed by atoms with Gasteiger partial charge in [-0.25, -0.2) is 19.9 Å². The highest BCUT2D eigenvalue weighted by Crippen LogP contribution is 2.38. The van der Waals surface area contributed by atoms with Gasteiger partial charge in [0.15, 0.2) is 0 Å². The van der Waals surface area contributed by atoms with Crippen LogP contribution >= 0.6 is 0 Å². The Bertz CT molecular complexity index is 2880. The number of aromatic nitrogens is 4. The van der Waals surface area contributed by atoms with Crippen molar-refractivity contribution >= 4 is 44.4 Å². The first kappa shape index (κ1) is 28.1. The van der Waals surface area contributed by atoms with Gasteiger partial charge >= 0.3 is 0 Å². The Morgan fingerprint density at radius 2 is 0.660 bits per heavy atom. The summed E-state index contributed by atoms with van der Waals surface area (Å²) >= 11 is 0. The Kier molecular flexibility index (Phi) is 6.39. The molecule has 0 unspecified atom stereocenters. The van der Waals surface area contributed by atoms with Gasteiger partial charge < -0.3 is 8.83 Å². The fourth-order valence-corrected chi connectivity index (χ4v) is 6.73. The van der Waals surface area contributed by atoms with Crippen LogP contribution < -0.4 is 0 Å². The van der Waals surface area contributed by atoms with Gasteiger partial charge in [0.25, 0.3) is 0 Å². The standard InChI is InChI=1S/C44H26N4O2/c1-3-13-27(14-4-1)37-40(48-44-41(45-37)33-21-7-9-23-35(33)50-44)32-20-12-18-30(26-32)29-17-11-19-31(25-29)39-38(28-15-5-2-6-16-28)47-43-42(46-39)34-22-8-10-24-36(34)49-43/h1-26H. The van der Waals surface area contributed by atoms with Crippen LogP contribution in [0.3, 0.4) is 0 Å². The lowest BCUT2D eigenvalue weighted by molar-refractivity contribution is 0.653. The molecule has 10 aromatic rings. The van der Waals surface area contributed by atoms with E-state index in [4.69, 9.17) is 28.8 Å². The zero-order valence-electron chi connectivity index (χ0n) is 26.6. The lowest BCUT2D eigenvalue weighted by atomic mass is 9.96. The second-order valence-electron chi connectivity index (χ2n) is 12.2. The summed E-state index contributed by atoms with van der Waals surface area (Å²) in [5, 5.41) is 1.89. The van der Waals surface area contributed by atoms with Crippen LogP contribution in [0.5, 0.6) is 0 Å². The molecule has 6 nitrogen and oxygen atoms in total. The van der Waals surface area contributed by atoms with Crippen molar-refractivity contribution in [2.24, 2.45) is 0 Å². The van der Waals surface area contributed by atoms with E-state index in [1.54, 1.807) is 0 Å². The van der Waals surface area contributed by atoms with Crippen molar-refractivity contribution in [2.75, 3.05) is 0 Å². The van der Waals surface area contributed by atoms with Crippen LogP contribution in [0.4, 0.5) is 0 Å². The molecule has 0 amide bonds. The predicted octanol–water partition coefficient (Wildman–Crippen LogP) is 11.4. The van der Waals surface area contributed by atoms with Gasteiger partial charge in [-0.15, -0.1) is 0 Å². The molecule has 6 aromatic carbocycles. The minimum Gasteiger partial charge on any atom is -0.436 e. The van der Waals surface area contributed by atoms with Crippen LogP contribution in [0.1, 0.15) is 0 Å². The van der Waals surface area contributed by atoms with Gasteiger partial charge in [-0.3, -0.25) is 0 Å². The molecule has 234 valence electrons. The van der Waals surface area contributed by atoms with E-state index in [1.807, 2.05) is 84.9 Å². The largest absolute Gasteiger partial charge is 0.436 e. The first-order valence-corrected chi connectivity index (χ1v) is 16.5. The summed E-state index contributed by atoms with van der Waals surface area (Å²) in [6, 6.07) is 53.1. The van der Waals surface area contributed by atoms with Gasteiger partial charge in [0.05, 0.1) is 11.4 Å². The Labute approximate surface area is 286 Å². The van der Waals surface area contributed by atoms with Crippen molar-refractivity contribution in [2.45, 2.75) is 0 Å². The molecule has 0 atom stereocenters. The van der Waals surface area contributed by atoms with E-state index in [9.17, 15) is 0 Å². The number of hydrogen-bond acceptors (Lipinski definition) is 6. The highest BCUT2D eigenvalue weighted by molar-refractivity contribution is 6.04. The number of rotatable bonds is 5. The van der Waals surface area contributed by atoms with Crippen molar-refractivity contribution in [1.82, 2.24) is 19.9 Å². The number of nitrogens with zero attached hydrogens (tertiary/aromatic N) is 4. The number of furan rings is 2. The van der Waals surface area contributed by atoms with Crippen LogP contribution in [0.25, 0.3) is 101 Å². The fraction of sp³-hybridized carbons (Fsp3) is 0. The van der Waals surface area contributed by atoms with Crippen LogP contribution in [-0.2, 0) is 0 Å². The van der Waals surface area contributed by atoms with Crippen molar-refractivity contribution in [3.8, 4) is 56.2 Å². The summed E-state index contributed by atoms with van der Waals surface area (Å²) in [5.74, 6) is 0. The van der Waals surface area contributed by atoms with Crippen LogP contribution in [-0.4, -0.2) is 19.9 Å². The molecule has 0 aliphatic heterocycles. The van der Waals surface area contributed by atoms with Crippen molar-refractivity contribution in [3.63, 3.8) is 0 Å². The van der Waals surface area contributed by atoms with E-state index in [0.29, 0.717) is 11.4 Å². The highest BCUT2D eigenvalue weighted by Gasteiger charge is 2.20. The molecule has 4 heterocycles. The molecule has 0 N–H and O–H groups in total. The number of benzene rings is 6. The van der Waals surface area contributed by atoms with Gasteiger partial charge in [-0.1, -0.05) is 121 Å². The molecular formula is C44H26N4O2. The smallest absolute Gasteiger partial charge is 0.246 e. The maximum Gasteiger partial charge on any atom is 0.246 e. The third-order valence-corrected chi connectivity index (χ3v) is 9.13. The Balaban J connectivity index is 1.13. The monoisotopic (exact) mass is 642 g/mol. The van der Waals surface area contributed by atoms with Gasteiger partial charge in [-0.05, 0) is 47.5 Å². The lowest BCUT2D eigenvalue weighted by Crippen LogP contribution is -1.95. The van der Waals surface area contributed by atoms with E-state index in [-0.39, 0.29) is 0 Å². The number of para-hydroxylation sites is 2. The van der Waals surface area contributed by atoms with Crippen LogP contribution in [0.15, 0.2) is 167 Å². The summed E-state index contributed by atoms with van der Waals surface area (Å²) in [7, 11) is 0. The fourth-order valence-electron chi connectivity index (χ4n) is 6.73. The molecule has 6 heteroatoms. The maximum atomic E-state index is 6.19. The van der Waals surface area contributed by atoms with Gasteiger partial charge in [0, 0.05) is 33.0 Å². The average molecular weight is 643 g/mol. The number of hydrogen-bond donors (Lipinski definition) is 0. The second kappa shape index (κ2) is 11.4. The van der Waals surface area contributed by atoms with E-state index in [2.05, 4.69) is 72.8 Å². The van der Waals surface area contributed by atoms with Crippen LogP contribution in [0, 0.1) is 0 Å². The van der Waals surface area contributed by atoms with Crippen molar-refractivity contribution in [1.29, 1.82) is 0 Å². The molecule has 50 heavy (non-hydrogen) atoms. The Morgan fingerprint density at radius 1 is 0.300 bits per heavy atom. The van der Waals surface area contributed by atoms with Crippen LogP contribution in [0.2, 0.25) is 0 Å². The van der Waals surface area contributed by atoms with Crippen molar-refractivity contribution in [3.05, 3.63) is 158 Å². The van der Waals surface area contributed by atoms with Crippen molar-refractivity contribution < 1.29 is 8.83 Å². The lowest BCUT2D eigenvalue weighted by Gasteiger charge is -2.12. The minimum absolute atomic E-state index is 0.516. The molecule has 0 spiro atoms. The van der Waals surface area contributed by atoms with Gasteiger partial charge in [0.1, 0.15) is 33.6 Å². The molecular weight excluding hydrogens is 617 g/mol. The van der Waals surface area contributed by atoms with Gasteiger partial charge in [0.2, 0.25) is 11.4 Å². The molecule has 0 aliphatic carbocycles. The summed E-state index contributed by atoms with van der Waals surface area (Å²) in [4.78, 5) is 20.5. The zero-order valence-corrected chi connectivity index (χ0v) is 26.6. The molecule has 0 fully saturated rings. The third-order valence-electron chi connectivity index (χ3n) is 9.13. The highest BCUT2D eigenvalue weighted by atomic mass is 16.3. The van der Waals surface area contributed by atoms with E-state index < -0.39 is 0 Å². The maximum absolute atomic E-state index is 6.19.